The van der Waals surface area contributed by atoms with Crippen molar-refractivity contribution in [1.29, 1.82) is 0 Å². The van der Waals surface area contributed by atoms with Crippen LogP contribution in [0.25, 0.3) is 0 Å². The molecule has 100 valence electrons. The van der Waals surface area contributed by atoms with Crippen LogP contribution >= 0.6 is 0 Å². The first-order valence-electron chi connectivity index (χ1n) is 5.79. The first-order chi connectivity index (χ1) is 9.10. The van der Waals surface area contributed by atoms with E-state index in [1.54, 1.807) is 31.4 Å². The van der Waals surface area contributed by atoms with E-state index in [0.29, 0.717) is 22.0 Å². The lowest BCUT2D eigenvalue weighted by molar-refractivity contribution is 0.417. The molecule has 0 aromatic heterocycles. The van der Waals surface area contributed by atoms with Gasteiger partial charge in [-0.15, -0.1) is 0 Å². The summed E-state index contributed by atoms with van der Waals surface area (Å²) in [6.07, 6.45) is 0. The molecule has 0 aliphatic carbocycles. The molecule has 0 radical (unpaired) electrons. The van der Waals surface area contributed by atoms with Crippen LogP contribution in [0.5, 0.6) is 5.75 Å². The third-order valence-electron chi connectivity index (χ3n) is 2.65. The maximum atomic E-state index is 12.2. The van der Waals surface area contributed by atoms with Crippen molar-refractivity contribution >= 4 is 22.4 Å². The number of methoxy groups -OCH3 is 1. The van der Waals surface area contributed by atoms with E-state index in [0.717, 1.165) is 5.56 Å². The minimum atomic E-state index is -1.35. The second-order valence-electron chi connectivity index (χ2n) is 4.14. The third kappa shape index (κ3) is 3.26. The molecule has 2 rings (SSSR count). The summed E-state index contributed by atoms with van der Waals surface area (Å²) in [5, 5.41) is 0. The molecule has 4 nitrogen and oxygen atoms in total. The average molecular weight is 276 g/mol. The van der Waals surface area contributed by atoms with Crippen molar-refractivity contribution in [2.75, 3.05) is 17.6 Å². The second-order valence-corrected chi connectivity index (χ2v) is 5.36. The second kappa shape index (κ2) is 5.75. The zero-order chi connectivity index (χ0) is 13.8. The number of hydrogen-bond donors (Lipinski definition) is 2. The van der Waals surface area contributed by atoms with E-state index in [9.17, 15) is 4.21 Å². The predicted molar refractivity (Wildman–Crippen MR) is 78.6 cm³/mol. The van der Waals surface area contributed by atoms with Gasteiger partial charge in [0.1, 0.15) is 16.7 Å². The molecule has 1 unspecified atom stereocenters. The molecule has 0 aliphatic heterocycles. The largest absolute Gasteiger partial charge is 0.495 e. The Labute approximate surface area is 115 Å². The SMILES string of the molecule is COc1ccc(C)cc1NS(=O)c1ccc(N)cc1. The van der Waals surface area contributed by atoms with E-state index in [4.69, 9.17) is 10.5 Å². The maximum Gasteiger partial charge on any atom is 0.150 e. The van der Waals surface area contributed by atoms with Gasteiger partial charge < -0.3 is 10.5 Å². The molecule has 0 spiro atoms. The first-order valence-corrected chi connectivity index (χ1v) is 6.94. The Bertz CT molecular complexity index is 597. The minimum Gasteiger partial charge on any atom is -0.495 e. The summed E-state index contributed by atoms with van der Waals surface area (Å²) in [5.74, 6) is 0.661. The zero-order valence-electron chi connectivity index (χ0n) is 10.8. The standard InChI is InChI=1S/C14H16N2O2S/c1-10-3-8-14(18-2)13(9-10)16-19(17)12-6-4-11(15)5-7-12/h3-9,16H,15H2,1-2H3. The van der Waals surface area contributed by atoms with Gasteiger partial charge >= 0.3 is 0 Å². The van der Waals surface area contributed by atoms with Crippen LogP contribution in [0.1, 0.15) is 5.56 Å². The van der Waals surface area contributed by atoms with Crippen molar-refractivity contribution in [3.63, 3.8) is 0 Å². The van der Waals surface area contributed by atoms with Crippen molar-refractivity contribution in [3.05, 3.63) is 48.0 Å². The number of ether oxygens (including phenoxy) is 1. The summed E-state index contributed by atoms with van der Waals surface area (Å²) < 4.78 is 20.4. The quantitative estimate of drug-likeness (QED) is 0.844. The molecular weight excluding hydrogens is 260 g/mol. The lowest BCUT2D eigenvalue weighted by Crippen LogP contribution is -2.06. The minimum absolute atomic E-state index is 0.647. The molecule has 1 atom stereocenters. The molecule has 19 heavy (non-hydrogen) atoms. The van der Waals surface area contributed by atoms with E-state index < -0.39 is 11.0 Å². The van der Waals surface area contributed by atoms with Gasteiger partial charge in [0.05, 0.1) is 17.7 Å². The van der Waals surface area contributed by atoms with Gasteiger partial charge in [-0.25, -0.2) is 4.21 Å². The number of nitrogen functional groups attached to an aromatic ring is 1. The van der Waals surface area contributed by atoms with Gasteiger partial charge in [-0.3, -0.25) is 4.72 Å². The van der Waals surface area contributed by atoms with Crippen molar-refractivity contribution in [2.45, 2.75) is 11.8 Å². The molecule has 0 bridgehead atoms. The number of nitrogens with two attached hydrogens (primary N) is 1. The normalized spacial score (nSPS) is 11.9. The Morgan fingerprint density at radius 2 is 1.84 bits per heavy atom. The number of rotatable bonds is 4. The summed E-state index contributed by atoms with van der Waals surface area (Å²) in [7, 11) is 0.237. The van der Waals surface area contributed by atoms with E-state index in [1.165, 1.54) is 0 Å². The van der Waals surface area contributed by atoms with Crippen LogP contribution in [0.15, 0.2) is 47.4 Å². The van der Waals surface area contributed by atoms with Crippen molar-refractivity contribution in [3.8, 4) is 5.75 Å². The van der Waals surface area contributed by atoms with Crippen LogP contribution in [-0.2, 0) is 11.0 Å². The van der Waals surface area contributed by atoms with Gasteiger partial charge in [-0.1, -0.05) is 6.07 Å². The number of nitrogens with one attached hydrogen (secondary N) is 1. The Morgan fingerprint density at radius 1 is 1.16 bits per heavy atom. The van der Waals surface area contributed by atoms with Crippen LogP contribution in [0.3, 0.4) is 0 Å². The van der Waals surface area contributed by atoms with E-state index in [2.05, 4.69) is 4.72 Å². The zero-order valence-corrected chi connectivity index (χ0v) is 11.7. The van der Waals surface area contributed by atoms with Gasteiger partial charge in [0.15, 0.2) is 0 Å². The Kier molecular flexibility index (Phi) is 4.06. The van der Waals surface area contributed by atoms with E-state index in [1.807, 2.05) is 25.1 Å². The molecule has 0 heterocycles. The smallest absolute Gasteiger partial charge is 0.150 e. The molecule has 5 heteroatoms. The Morgan fingerprint density at radius 3 is 2.47 bits per heavy atom. The summed E-state index contributed by atoms with van der Waals surface area (Å²) in [5.41, 5.74) is 8.03. The van der Waals surface area contributed by atoms with Gasteiger partial charge in [-0.2, -0.15) is 0 Å². The highest BCUT2D eigenvalue weighted by atomic mass is 32.2. The van der Waals surface area contributed by atoms with Crippen molar-refractivity contribution in [2.24, 2.45) is 0 Å². The molecule has 0 fully saturated rings. The van der Waals surface area contributed by atoms with Crippen LogP contribution < -0.4 is 15.2 Å². The predicted octanol–water partition coefficient (Wildman–Crippen LogP) is 2.72. The van der Waals surface area contributed by atoms with Gasteiger partial charge in [-0.05, 0) is 48.9 Å². The number of anilines is 2. The Hall–Kier alpha value is -2.01. The summed E-state index contributed by atoms with van der Waals surface area (Å²) in [6.45, 7) is 1.97. The van der Waals surface area contributed by atoms with Crippen molar-refractivity contribution in [1.82, 2.24) is 0 Å². The van der Waals surface area contributed by atoms with Gasteiger partial charge in [0, 0.05) is 5.69 Å². The van der Waals surface area contributed by atoms with E-state index in [-0.39, 0.29) is 0 Å². The highest BCUT2D eigenvalue weighted by molar-refractivity contribution is 7.86. The van der Waals surface area contributed by atoms with Crippen LogP contribution in [0, 0.1) is 6.92 Å². The third-order valence-corrected chi connectivity index (χ3v) is 3.76. The topological polar surface area (TPSA) is 64.3 Å². The molecule has 0 amide bonds. The highest BCUT2D eigenvalue weighted by Crippen LogP contribution is 2.26. The van der Waals surface area contributed by atoms with Crippen molar-refractivity contribution < 1.29 is 8.95 Å². The number of benzene rings is 2. The first kappa shape index (κ1) is 13.4. The molecule has 0 saturated carbocycles. The maximum absolute atomic E-state index is 12.2. The molecule has 0 saturated heterocycles. The molecule has 3 N–H and O–H groups in total. The summed E-state index contributed by atoms with van der Waals surface area (Å²) >= 11 is 0. The van der Waals surface area contributed by atoms with Crippen LogP contribution in [0.2, 0.25) is 0 Å². The van der Waals surface area contributed by atoms with Crippen LogP contribution in [0.4, 0.5) is 11.4 Å². The summed E-state index contributed by atoms with van der Waals surface area (Å²) in [6, 6.07) is 12.6. The van der Waals surface area contributed by atoms with Gasteiger partial charge in [0.2, 0.25) is 0 Å². The number of hydrogen-bond acceptors (Lipinski definition) is 3. The average Bonchev–Trinajstić information content (AvgIpc) is 2.39. The van der Waals surface area contributed by atoms with Gasteiger partial charge in [0.25, 0.3) is 0 Å². The molecule has 0 aliphatic rings. The van der Waals surface area contributed by atoms with Crippen LogP contribution in [-0.4, -0.2) is 11.3 Å². The molecular formula is C14H16N2O2S. The summed E-state index contributed by atoms with van der Waals surface area (Å²) in [4.78, 5) is 0.665. The fourth-order valence-electron chi connectivity index (χ4n) is 1.65. The monoisotopic (exact) mass is 276 g/mol. The fourth-order valence-corrected chi connectivity index (χ4v) is 2.51. The molecule has 2 aromatic carbocycles. The number of aryl methyl sites for hydroxylation is 1. The Balaban J connectivity index is 2.23. The fraction of sp³-hybridized carbons (Fsp3) is 0.143. The van der Waals surface area contributed by atoms with E-state index >= 15 is 0 Å². The highest BCUT2D eigenvalue weighted by Gasteiger charge is 2.08. The molecule has 2 aromatic rings. The lowest BCUT2D eigenvalue weighted by atomic mass is 10.2. The lowest BCUT2D eigenvalue weighted by Gasteiger charge is -2.11.